The third kappa shape index (κ3) is 3.64. The van der Waals surface area contributed by atoms with Crippen molar-refractivity contribution in [2.45, 2.75) is 11.8 Å². The molecular weight excluding hydrogens is 359 g/mol. The number of benzene rings is 2. The highest BCUT2D eigenvalue weighted by molar-refractivity contribution is 9.10. The smallest absolute Gasteiger partial charge is 0.137 e. The maximum Gasteiger partial charge on any atom is 0.137 e. The van der Waals surface area contributed by atoms with Crippen LogP contribution in [0.3, 0.4) is 0 Å². The Balaban J connectivity index is 2.37. The average Bonchev–Trinajstić information content (AvgIpc) is 2.49. The molecule has 0 unspecified atom stereocenters. The van der Waals surface area contributed by atoms with Crippen LogP contribution < -0.4 is 0 Å². The van der Waals surface area contributed by atoms with Gasteiger partial charge in [-0.2, -0.15) is 0 Å². The lowest BCUT2D eigenvalue weighted by atomic mass is 9.77. The van der Waals surface area contributed by atoms with Crippen LogP contribution in [0.2, 0.25) is 5.02 Å². The van der Waals surface area contributed by atoms with E-state index in [2.05, 4.69) is 15.9 Å². The summed E-state index contributed by atoms with van der Waals surface area (Å²) in [5.41, 5.74) is 0.778. The number of halogens is 3. The molecule has 0 heterocycles. The molecule has 2 nitrogen and oxygen atoms in total. The second kappa shape index (κ2) is 6.88. The predicted octanol–water partition coefficient (Wildman–Crippen LogP) is 3.71. The zero-order valence-electron chi connectivity index (χ0n) is 11.2. The minimum absolute atomic E-state index is 0.222. The quantitative estimate of drug-likeness (QED) is 0.839. The van der Waals surface area contributed by atoms with E-state index in [1.165, 1.54) is 6.07 Å². The predicted molar refractivity (Wildman–Crippen MR) is 85.1 cm³/mol. The summed E-state index contributed by atoms with van der Waals surface area (Å²) >= 11 is 9.02. The van der Waals surface area contributed by atoms with Gasteiger partial charge >= 0.3 is 0 Å². The molecule has 0 spiro atoms. The lowest BCUT2D eigenvalue weighted by Gasteiger charge is -2.30. The van der Waals surface area contributed by atoms with Crippen LogP contribution in [0.1, 0.15) is 11.1 Å². The van der Waals surface area contributed by atoms with Gasteiger partial charge in [0.25, 0.3) is 0 Å². The Bertz CT molecular complexity index is 612. The summed E-state index contributed by atoms with van der Waals surface area (Å²) in [5, 5.41) is 20.2. The van der Waals surface area contributed by atoms with Crippen LogP contribution in [-0.4, -0.2) is 23.4 Å². The zero-order valence-corrected chi connectivity index (χ0v) is 13.5. The van der Waals surface area contributed by atoms with Crippen molar-refractivity contribution >= 4 is 27.5 Å². The highest BCUT2D eigenvalue weighted by atomic mass is 79.9. The van der Waals surface area contributed by atoms with Crippen molar-refractivity contribution in [2.24, 2.45) is 0 Å². The van der Waals surface area contributed by atoms with Gasteiger partial charge in [-0.25, -0.2) is 4.39 Å². The largest absolute Gasteiger partial charge is 0.395 e. The molecule has 0 atom stereocenters. The first-order valence-electron chi connectivity index (χ1n) is 6.42. The molecule has 2 aromatic rings. The third-order valence-electron chi connectivity index (χ3n) is 3.59. The Kier molecular flexibility index (Phi) is 5.38. The Morgan fingerprint density at radius 3 is 2.19 bits per heavy atom. The number of rotatable bonds is 5. The van der Waals surface area contributed by atoms with E-state index in [1.54, 1.807) is 36.4 Å². The zero-order chi connectivity index (χ0) is 15.5. The molecule has 0 radical (unpaired) electrons. The van der Waals surface area contributed by atoms with Crippen LogP contribution in [-0.2, 0) is 11.8 Å². The lowest BCUT2D eigenvalue weighted by molar-refractivity contribution is 0.116. The topological polar surface area (TPSA) is 40.5 Å². The van der Waals surface area contributed by atoms with E-state index in [-0.39, 0.29) is 19.0 Å². The molecule has 0 saturated carbocycles. The van der Waals surface area contributed by atoms with Crippen molar-refractivity contribution in [1.29, 1.82) is 0 Å². The van der Waals surface area contributed by atoms with Crippen LogP contribution in [0.4, 0.5) is 4.39 Å². The van der Waals surface area contributed by atoms with Gasteiger partial charge in [0, 0.05) is 10.4 Å². The summed E-state index contributed by atoms with van der Waals surface area (Å²) in [6.45, 7) is -0.444. The van der Waals surface area contributed by atoms with Crippen molar-refractivity contribution in [3.8, 4) is 0 Å². The van der Waals surface area contributed by atoms with Gasteiger partial charge in [-0.15, -0.1) is 0 Å². The standard InChI is InChI=1S/C16H15BrClFO2/c17-14-7-11(1-6-15(14)19)8-16(9-20,10-21)12-2-4-13(18)5-3-12/h1-7,20-21H,8-10H2. The van der Waals surface area contributed by atoms with Gasteiger partial charge in [-0.1, -0.05) is 29.8 Å². The molecule has 5 heteroatoms. The maximum absolute atomic E-state index is 13.3. The first-order chi connectivity index (χ1) is 10.0. The van der Waals surface area contributed by atoms with E-state index in [9.17, 15) is 14.6 Å². The molecule has 0 aliphatic heterocycles. The molecule has 0 fully saturated rings. The molecule has 0 aromatic heterocycles. The molecular formula is C16H15BrClFO2. The fourth-order valence-corrected chi connectivity index (χ4v) is 2.84. The molecule has 2 N–H and O–H groups in total. The van der Waals surface area contributed by atoms with E-state index < -0.39 is 5.41 Å². The molecule has 0 aliphatic carbocycles. The number of hydrogen-bond acceptors (Lipinski definition) is 2. The number of hydrogen-bond donors (Lipinski definition) is 2. The van der Waals surface area contributed by atoms with Crippen molar-refractivity contribution in [3.63, 3.8) is 0 Å². The minimum atomic E-state index is -0.831. The van der Waals surface area contributed by atoms with Crippen LogP contribution >= 0.6 is 27.5 Å². The van der Waals surface area contributed by atoms with Gasteiger partial charge in [0.05, 0.1) is 17.7 Å². The maximum atomic E-state index is 13.3. The average molecular weight is 374 g/mol. The summed E-state index contributed by atoms with van der Waals surface area (Å²) in [5.74, 6) is -0.344. The SMILES string of the molecule is OCC(CO)(Cc1ccc(F)c(Br)c1)c1ccc(Cl)cc1. The first-order valence-corrected chi connectivity index (χ1v) is 7.59. The van der Waals surface area contributed by atoms with E-state index in [0.717, 1.165) is 11.1 Å². The fourth-order valence-electron chi connectivity index (χ4n) is 2.29. The molecule has 0 amide bonds. The number of aliphatic hydroxyl groups excluding tert-OH is 2. The van der Waals surface area contributed by atoms with E-state index in [1.807, 2.05) is 0 Å². The second-order valence-corrected chi connectivity index (χ2v) is 6.32. The summed E-state index contributed by atoms with van der Waals surface area (Å²) in [6.07, 6.45) is 0.389. The van der Waals surface area contributed by atoms with Crippen molar-refractivity contribution in [2.75, 3.05) is 13.2 Å². The van der Waals surface area contributed by atoms with E-state index in [4.69, 9.17) is 11.6 Å². The van der Waals surface area contributed by atoms with Crippen LogP contribution in [0.25, 0.3) is 0 Å². The van der Waals surface area contributed by atoms with E-state index >= 15 is 0 Å². The molecule has 112 valence electrons. The molecule has 0 saturated heterocycles. The molecule has 0 aliphatic rings. The van der Waals surface area contributed by atoms with Gasteiger partial charge in [-0.3, -0.25) is 0 Å². The number of aliphatic hydroxyl groups is 2. The summed E-state index contributed by atoms with van der Waals surface area (Å²) in [6, 6.07) is 11.7. The van der Waals surface area contributed by atoms with E-state index in [0.29, 0.717) is 15.9 Å². The van der Waals surface area contributed by atoms with Crippen LogP contribution in [0.15, 0.2) is 46.9 Å². The van der Waals surface area contributed by atoms with Crippen molar-refractivity contribution in [1.82, 2.24) is 0 Å². The molecule has 21 heavy (non-hydrogen) atoms. The third-order valence-corrected chi connectivity index (χ3v) is 4.45. The summed E-state index contributed by atoms with van der Waals surface area (Å²) in [4.78, 5) is 0. The van der Waals surface area contributed by atoms with Crippen molar-refractivity contribution in [3.05, 3.63) is 68.9 Å². The van der Waals surface area contributed by atoms with Crippen molar-refractivity contribution < 1.29 is 14.6 Å². The van der Waals surface area contributed by atoms with Crippen LogP contribution in [0.5, 0.6) is 0 Å². The molecule has 2 aromatic carbocycles. The Hall–Kier alpha value is -0.940. The second-order valence-electron chi connectivity index (χ2n) is 5.03. The first kappa shape index (κ1) is 16.4. The van der Waals surface area contributed by atoms with Gasteiger partial charge in [0.2, 0.25) is 0 Å². The Labute approximate surface area is 136 Å². The molecule has 0 bridgehead atoms. The minimum Gasteiger partial charge on any atom is -0.395 e. The Morgan fingerprint density at radius 2 is 1.67 bits per heavy atom. The van der Waals surface area contributed by atoms with Gasteiger partial charge in [0.1, 0.15) is 5.82 Å². The van der Waals surface area contributed by atoms with Crippen LogP contribution in [0, 0.1) is 5.82 Å². The highest BCUT2D eigenvalue weighted by Crippen LogP contribution is 2.30. The van der Waals surface area contributed by atoms with Gasteiger partial charge in [0.15, 0.2) is 0 Å². The Morgan fingerprint density at radius 1 is 1.05 bits per heavy atom. The summed E-state index contributed by atoms with van der Waals surface area (Å²) < 4.78 is 13.7. The summed E-state index contributed by atoms with van der Waals surface area (Å²) in [7, 11) is 0. The normalized spacial score (nSPS) is 11.7. The fraction of sp³-hybridized carbons (Fsp3) is 0.250. The highest BCUT2D eigenvalue weighted by Gasteiger charge is 2.31. The van der Waals surface area contributed by atoms with Gasteiger partial charge in [-0.05, 0) is 57.7 Å². The monoisotopic (exact) mass is 372 g/mol. The van der Waals surface area contributed by atoms with Gasteiger partial charge < -0.3 is 10.2 Å². The lowest BCUT2D eigenvalue weighted by Crippen LogP contribution is -2.37. The molecule has 2 rings (SSSR count).